The van der Waals surface area contributed by atoms with Crippen molar-refractivity contribution in [3.63, 3.8) is 0 Å². The molecule has 1 aromatic carbocycles. The molecule has 0 bridgehead atoms. The van der Waals surface area contributed by atoms with Crippen LogP contribution in [0.5, 0.6) is 0 Å². The normalized spacial score (nSPS) is 22.1. The molecule has 90 valence electrons. The highest BCUT2D eigenvalue weighted by Gasteiger charge is 2.30. The number of rotatable bonds is 2. The second-order valence-corrected chi connectivity index (χ2v) is 6.41. The fourth-order valence-electron chi connectivity index (χ4n) is 2.48. The molecule has 0 amide bonds. The summed E-state index contributed by atoms with van der Waals surface area (Å²) < 4.78 is 0.973. The van der Waals surface area contributed by atoms with Crippen LogP contribution < -0.4 is 5.32 Å². The third-order valence-corrected chi connectivity index (χ3v) is 4.08. The van der Waals surface area contributed by atoms with E-state index in [2.05, 4.69) is 41.2 Å². The van der Waals surface area contributed by atoms with Gasteiger partial charge in [-0.15, -0.1) is 0 Å². The van der Waals surface area contributed by atoms with Gasteiger partial charge in [0.25, 0.3) is 0 Å². The van der Waals surface area contributed by atoms with Crippen LogP contribution in [0.25, 0.3) is 0 Å². The monoisotopic (exact) mass is 292 g/mol. The summed E-state index contributed by atoms with van der Waals surface area (Å²) in [5.41, 5.74) is 2.23. The Morgan fingerprint density at radius 1 is 1.47 bits per heavy atom. The van der Waals surface area contributed by atoms with Gasteiger partial charge in [0.1, 0.15) is 0 Å². The lowest BCUT2D eigenvalue weighted by Gasteiger charge is -2.19. The van der Waals surface area contributed by atoms with Gasteiger partial charge in [-0.05, 0) is 58.8 Å². The van der Waals surface area contributed by atoms with E-state index in [1.54, 1.807) is 0 Å². The number of nitrogens with one attached hydrogen (secondary N) is 1. The van der Waals surface area contributed by atoms with Gasteiger partial charge in [0.2, 0.25) is 0 Å². The second kappa shape index (κ2) is 4.70. The maximum absolute atomic E-state index is 8.81. The Labute approximate surface area is 111 Å². The van der Waals surface area contributed by atoms with Gasteiger partial charge in [-0.3, -0.25) is 0 Å². The van der Waals surface area contributed by atoms with E-state index in [1.165, 1.54) is 19.3 Å². The van der Waals surface area contributed by atoms with E-state index in [4.69, 9.17) is 5.26 Å². The van der Waals surface area contributed by atoms with Crippen LogP contribution in [0.15, 0.2) is 22.7 Å². The lowest BCUT2D eigenvalue weighted by Crippen LogP contribution is -2.17. The van der Waals surface area contributed by atoms with Crippen LogP contribution >= 0.6 is 15.9 Å². The third kappa shape index (κ3) is 3.01. The minimum absolute atomic E-state index is 0.455. The first-order chi connectivity index (χ1) is 8.00. The predicted octanol–water partition coefficient (Wildman–Crippen LogP) is 4.31. The minimum Gasteiger partial charge on any atom is -0.381 e. The summed E-state index contributed by atoms with van der Waals surface area (Å²) in [4.78, 5) is 0. The maximum Gasteiger partial charge on any atom is 0.0992 e. The average molecular weight is 293 g/mol. The first-order valence-electron chi connectivity index (χ1n) is 5.96. The molecule has 17 heavy (non-hydrogen) atoms. The second-order valence-electron chi connectivity index (χ2n) is 5.55. The van der Waals surface area contributed by atoms with Crippen LogP contribution in [0.3, 0.4) is 0 Å². The van der Waals surface area contributed by atoms with E-state index in [9.17, 15) is 0 Å². The van der Waals surface area contributed by atoms with Crippen molar-refractivity contribution < 1.29 is 0 Å². The molecular formula is C14H17BrN2. The van der Waals surface area contributed by atoms with Gasteiger partial charge in [0.05, 0.1) is 11.6 Å². The molecule has 0 spiro atoms. The fraction of sp³-hybridized carbons (Fsp3) is 0.500. The quantitative estimate of drug-likeness (QED) is 0.882. The highest BCUT2D eigenvalue weighted by molar-refractivity contribution is 9.10. The topological polar surface area (TPSA) is 35.8 Å². The van der Waals surface area contributed by atoms with E-state index in [0.717, 1.165) is 10.2 Å². The van der Waals surface area contributed by atoms with Crippen molar-refractivity contribution in [2.45, 2.75) is 39.2 Å². The molecule has 2 nitrogen and oxygen atoms in total. The highest BCUT2D eigenvalue weighted by Crippen LogP contribution is 2.39. The Morgan fingerprint density at radius 2 is 2.24 bits per heavy atom. The summed E-state index contributed by atoms with van der Waals surface area (Å²) in [6.45, 7) is 4.64. The van der Waals surface area contributed by atoms with Crippen molar-refractivity contribution in [2.24, 2.45) is 5.41 Å². The van der Waals surface area contributed by atoms with Crippen LogP contribution in [-0.4, -0.2) is 6.04 Å². The van der Waals surface area contributed by atoms with Crippen LogP contribution in [0.4, 0.5) is 5.69 Å². The average Bonchev–Trinajstić information content (AvgIpc) is 2.61. The minimum atomic E-state index is 0.455. The summed E-state index contributed by atoms with van der Waals surface area (Å²) in [5.74, 6) is 0. The molecule has 1 aromatic rings. The molecule has 1 atom stereocenters. The molecule has 1 aliphatic rings. The van der Waals surface area contributed by atoms with E-state index in [0.29, 0.717) is 17.0 Å². The lowest BCUT2D eigenvalue weighted by molar-refractivity contribution is 0.378. The molecule has 1 unspecified atom stereocenters. The summed E-state index contributed by atoms with van der Waals surface area (Å²) in [6, 6.07) is 8.39. The smallest absolute Gasteiger partial charge is 0.0992 e. The molecule has 0 aliphatic heterocycles. The highest BCUT2D eigenvalue weighted by atomic mass is 79.9. The van der Waals surface area contributed by atoms with E-state index in [-0.39, 0.29) is 0 Å². The summed E-state index contributed by atoms with van der Waals surface area (Å²) in [5, 5.41) is 12.4. The fourth-order valence-corrected chi connectivity index (χ4v) is 2.97. The molecule has 1 N–H and O–H groups in total. The summed E-state index contributed by atoms with van der Waals surface area (Å²) in [6.07, 6.45) is 3.71. The molecule has 0 radical (unpaired) electrons. The van der Waals surface area contributed by atoms with Crippen molar-refractivity contribution in [1.29, 1.82) is 5.26 Å². The van der Waals surface area contributed by atoms with Gasteiger partial charge >= 0.3 is 0 Å². The summed E-state index contributed by atoms with van der Waals surface area (Å²) >= 11 is 3.51. The molecule has 3 heteroatoms. The molecule has 1 fully saturated rings. The van der Waals surface area contributed by atoms with E-state index >= 15 is 0 Å². The molecule has 2 rings (SSSR count). The molecule has 1 aliphatic carbocycles. The molecule has 0 aromatic heterocycles. The number of nitriles is 1. The van der Waals surface area contributed by atoms with Gasteiger partial charge in [-0.25, -0.2) is 0 Å². The number of anilines is 1. The first-order valence-corrected chi connectivity index (χ1v) is 6.76. The van der Waals surface area contributed by atoms with Crippen molar-refractivity contribution in [2.75, 3.05) is 5.32 Å². The van der Waals surface area contributed by atoms with Gasteiger partial charge in [-0.1, -0.05) is 13.8 Å². The van der Waals surface area contributed by atoms with Gasteiger partial charge in [0, 0.05) is 16.2 Å². The largest absolute Gasteiger partial charge is 0.381 e. The lowest BCUT2D eigenvalue weighted by atomic mass is 9.92. The van der Waals surface area contributed by atoms with E-state index in [1.807, 2.05) is 18.2 Å². The van der Waals surface area contributed by atoms with Gasteiger partial charge in [0.15, 0.2) is 0 Å². The van der Waals surface area contributed by atoms with Crippen LogP contribution in [0, 0.1) is 16.7 Å². The zero-order valence-corrected chi connectivity index (χ0v) is 11.8. The van der Waals surface area contributed by atoms with E-state index < -0.39 is 0 Å². The first kappa shape index (κ1) is 12.4. The molecule has 1 saturated carbocycles. The molecule has 0 saturated heterocycles. The predicted molar refractivity (Wildman–Crippen MR) is 73.9 cm³/mol. The van der Waals surface area contributed by atoms with Crippen molar-refractivity contribution in [1.82, 2.24) is 0 Å². The van der Waals surface area contributed by atoms with Crippen LogP contribution in [0.2, 0.25) is 0 Å². The number of nitrogens with zero attached hydrogens (tertiary/aromatic N) is 1. The third-order valence-electron chi connectivity index (χ3n) is 3.43. The van der Waals surface area contributed by atoms with Crippen molar-refractivity contribution >= 4 is 21.6 Å². The van der Waals surface area contributed by atoms with Gasteiger partial charge < -0.3 is 5.32 Å². The number of hydrogen-bond acceptors (Lipinski definition) is 2. The van der Waals surface area contributed by atoms with Crippen LogP contribution in [0.1, 0.15) is 38.7 Å². The Balaban J connectivity index is 2.08. The number of halogens is 1. The number of benzene rings is 1. The Morgan fingerprint density at radius 3 is 2.76 bits per heavy atom. The Hall–Kier alpha value is -1.01. The Kier molecular flexibility index (Phi) is 3.44. The Bertz CT molecular complexity index is 460. The van der Waals surface area contributed by atoms with Crippen LogP contribution in [-0.2, 0) is 0 Å². The van der Waals surface area contributed by atoms with Gasteiger partial charge in [-0.2, -0.15) is 5.26 Å². The maximum atomic E-state index is 8.81. The molecular weight excluding hydrogens is 276 g/mol. The molecule has 0 heterocycles. The SMILES string of the molecule is CC1(C)CCC(Nc2ccc(C#N)cc2Br)C1. The zero-order chi connectivity index (χ0) is 12.5. The zero-order valence-electron chi connectivity index (χ0n) is 10.3. The van der Waals surface area contributed by atoms with Crippen molar-refractivity contribution in [3.8, 4) is 6.07 Å². The van der Waals surface area contributed by atoms with Crippen molar-refractivity contribution in [3.05, 3.63) is 28.2 Å². The number of hydrogen-bond donors (Lipinski definition) is 1. The summed E-state index contributed by atoms with van der Waals surface area (Å²) in [7, 11) is 0. The standard InChI is InChI=1S/C14H17BrN2/c1-14(2)6-5-11(8-14)17-13-4-3-10(9-16)7-12(13)15/h3-4,7,11,17H,5-6,8H2,1-2H3.